The number of carbonyl (C=O) groups is 1. The van der Waals surface area contributed by atoms with Crippen molar-refractivity contribution in [2.24, 2.45) is 5.92 Å². The van der Waals surface area contributed by atoms with Crippen LogP contribution < -0.4 is 4.72 Å². The number of amides is 1. The molecule has 0 aliphatic carbocycles. The van der Waals surface area contributed by atoms with Gasteiger partial charge in [0.2, 0.25) is 15.9 Å². The average molecular weight is 417 g/mol. The molecule has 3 rings (SSSR count). The van der Waals surface area contributed by atoms with Gasteiger partial charge in [-0.2, -0.15) is 0 Å². The van der Waals surface area contributed by atoms with Crippen molar-refractivity contribution >= 4 is 15.9 Å². The molecule has 1 fully saturated rings. The van der Waals surface area contributed by atoms with Crippen molar-refractivity contribution in [3.63, 3.8) is 0 Å². The number of rotatable bonds is 6. The van der Waals surface area contributed by atoms with Gasteiger partial charge in [0.15, 0.2) is 0 Å². The first kappa shape index (κ1) is 21.5. The second kappa shape index (κ2) is 9.07. The highest BCUT2D eigenvalue weighted by Crippen LogP contribution is 2.27. The fraction of sp³-hybridized carbons (Fsp3) is 0.409. The predicted molar refractivity (Wildman–Crippen MR) is 112 cm³/mol. The van der Waals surface area contributed by atoms with E-state index in [0.29, 0.717) is 26.3 Å². The third-order valence-corrected chi connectivity index (χ3v) is 6.72. The van der Waals surface area contributed by atoms with Crippen molar-refractivity contribution in [2.45, 2.75) is 31.7 Å². The zero-order chi connectivity index (χ0) is 21.0. The summed E-state index contributed by atoms with van der Waals surface area (Å²) in [5.74, 6) is -0.637. The number of benzene rings is 2. The molecular formula is C22H28N2O4S. The van der Waals surface area contributed by atoms with E-state index in [1.165, 1.54) is 0 Å². The summed E-state index contributed by atoms with van der Waals surface area (Å²) in [5, 5.41) is 0. The Hall–Kier alpha value is -2.22. The van der Waals surface area contributed by atoms with E-state index in [-0.39, 0.29) is 10.8 Å². The zero-order valence-corrected chi connectivity index (χ0v) is 17.9. The van der Waals surface area contributed by atoms with Gasteiger partial charge in [0.05, 0.1) is 30.1 Å². The second-order valence-electron chi connectivity index (χ2n) is 7.55. The largest absolute Gasteiger partial charge is 0.378 e. The minimum absolute atomic E-state index is 0.0783. The molecule has 29 heavy (non-hydrogen) atoms. The molecule has 7 heteroatoms. The first-order chi connectivity index (χ1) is 13.8. The lowest BCUT2D eigenvalue weighted by atomic mass is 9.93. The van der Waals surface area contributed by atoms with Gasteiger partial charge < -0.3 is 9.64 Å². The number of hydrogen-bond acceptors (Lipinski definition) is 4. The van der Waals surface area contributed by atoms with Crippen molar-refractivity contribution in [1.82, 2.24) is 9.62 Å². The number of morpholine rings is 1. The molecule has 1 amide bonds. The molecule has 1 heterocycles. The van der Waals surface area contributed by atoms with Crippen LogP contribution in [-0.4, -0.2) is 45.5 Å². The predicted octanol–water partition coefficient (Wildman–Crippen LogP) is 2.82. The molecule has 0 unspecified atom stereocenters. The van der Waals surface area contributed by atoms with Crippen LogP contribution >= 0.6 is 0 Å². The lowest BCUT2D eigenvalue weighted by Gasteiger charge is -2.32. The number of carbonyl (C=O) groups excluding carboxylic acids is 1. The summed E-state index contributed by atoms with van der Waals surface area (Å²) in [4.78, 5) is 15.0. The van der Waals surface area contributed by atoms with E-state index < -0.39 is 22.0 Å². The van der Waals surface area contributed by atoms with Gasteiger partial charge in [0.25, 0.3) is 0 Å². The summed E-state index contributed by atoms with van der Waals surface area (Å²) in [6.07, 6.45) is 0. The SMILES string of the molecule is Cc1ccc([C@H](NS(=O)(=O)c2ccc(C)cc2)[C@@H](C)C(=O)N2CCOCC2)cc1. The molecule has 2 aromatic carbocycles. The van der Waals surface area contributed by atoms with Crippen molar-refractivity contribution in [2.75, 3.05) is 26.3 Å². The number of sulfonamides is 1. The first-order valence-electron chi connectivity index (χ1n) is 9.80. The summed E-state index contributed by atoms with van der Waals surface area (Å²) in [6.45, 7) is 7.70. The van der Waals surface area contributed by atoms with Gasteiger partial charge >= 0.3 is 0 Å². The van der Waals surface area contributed by atoms with Crippen LogP contribution in [0.1, 0.15) is 29.7 Å². The summed E-state index contributed by atoms with van der Waals surface area (Å²) >= 11 is 0. The van der Waals surface area contributed by atoms with Crippen LogP contribution in [0.25, 0.3) is 0 Å². The van der Waals surface area contributed by atoms with Gasteiger partial charge in [0.1, 0.15) is 0 Å². The monoisotopic (exact) mass is 416 g/mol. The molecule has 0 spiro atoms. The van der Waals surface area contributed by atoms with Crippen molar-refractivity contribution in [1.29, 1.82) is 0 Å². The quantitative estimate of drug-likeness (QED) is 0.786. The fourth-order valence-corrected chi connectivity index (χ4v) is 4.70. The maximum absolute atomic E-state index is 13.1. The van der Waals surface area contributed by atoms with Crippen LogP contribution in [0.3, 0.4) is 0 Å². The molecule has 6 nitrogen and oxygen atoms in total. The number of nitrogens with zero attached hydrogens (tertiary/aromatic N) is 1. The van der Waals surface area contributed by atoms with Gasteiger partial charge in [-0.25, -0.2) is 13.1 Å². The van der Waals surface area contributed by atoms with Crippen LogP contribution in [0.2, 0.25) is 0 Å². The molecule has 0 aromatic heterocycles. The van der Waals surface area contributed by atoms with Crippen LogP contribution in [-0.2, 0) is 19.6 Å². The van der Waals surface area contributed by atoms with Gasteiger partial charge in [0, 0.05) is 13.1 Å². The molecule has 1 aliphatic rings. The van der Waals surface area contributed by atoms with E-state index in [0.717, 1.165) is 16.7 Å². The number of aryl methyl sites for hydroxylation is 2. The minimum Gasteiger partial charge on any atom is -0.378 e. The van der Waals surface area contributed by atoms with Crippen molar-refractivity contribution in [3.05, 3.63) is 65.2 Å². The third kappa shape index (κ3) is 5.23. The summed E-state index contributed by atoms with van der Waals surface area (Å²) in [7, 11) is -3.79. The Morgan fingerprint density at radius 3 is 2.03 bits per heavy atom. The lowest BCUT2D eigenvalue weighted by Crippen LogP contribution is -2.46. The highest BCUT2D eigenvalue weighted by atomic mass is 32.2. The molecule has 1 aliphatic heterocycles. The normalized spacial score (nSPS) is 17.0. The molecule has 0 saturated carbocycles. The zero-order valence-electron chi connectivity index (χ0n) is 17.1. The topological polar surface area (TPSA) is 75.7 Å². The van der Waals surface area contributed by atoms with E-state index in [1.807, 2.05) is 38.1 Å². The maximum atomic E-state index is 13.1. The van der Waals surface area contributed by atoms with Crippen LogP contribution in [0.15, 0.2) is 53.4 Å². The van der Waals surface area contributed by atoms with Gasteiger partial charge in [-0.15, -0.1) is 0 Å². The Kier molecular flexibility index (Phi) is 6.72. The molecule has 1 saturated heterocycles. The first-order valence-corrected chi connectivity index (χ1v) is 11.3. The van der Waals surface area contributed by atoms with Crippen LogP contribution in [0, 0.1) is 19.8 Å². The van der Waals surface area contributed by atoms with Crippen molar-refractivity contribution in [3.8, 4) is 0 Å². The number of hydrogen-bond donors (Lipinski definition) is 1. The molecular weight excluding hydrogens is 388 g/mol. The second-order valence-corrected chi connectivity index (χ2v) is 9.26. The van der Waals surface area contributed by atoms with Crippen LogP contribution in [0.5, 0.6) is 0 Å². The van der Waals surface area contributed by atoms with E-state index in [4.69, 9.17) is 4.74 Å². The average Bonchev–Trinajstić information content (AvgIpc) is 2.73. The van der Waals surface area contributed by atoms with E-state index in [1.54, 1.807) is 36.1 Å². The van der Waals surface area contributed by atoms with Crippen molar-refractivity contribution < 1.29 is 17.9 Å². The van der Waals surface area contributed by atoms with E-state index in [2.05, 4.69) is 4.72 Å². The van der Waals surface area contributed by atoms with Crippen LogP contribution in [0.4, 0.5) is 0 Å². The fourth-order valence-electron chi connectivity index (χ4n) is 3.40. The third-order valence-electron chi connectivity index (χ3n) is 5.26. The molecule has 156 valence electrons. The smallest absolute Gasteiger partial charge is 0.241 e. The van der Waals surface area contributed by atoms with E-state index >= 15 is 0 Å². The Bertz CT molecular complexity index is 934. The molecule has 1 N–H and O–H groups in total. The standard InChI is InChI=1S/C22H28N2O4S/c1-16-4-8-19(9-5-16)21(18(3)22(25)24-12-14-28-15-13-24)23-29(26,27)20-10-6-17(2)7-11-20/h4-11,18,21,23H,12-15H2,1-3H3/t18-,21-/m1/s1. The molecule has 2 aromatic rings. The number of ether oxygens (including phenoxy) is 1. The van der Waals surface area contributed by atoms with E-state index in [9.17, 15) is 13.2 Å². The highest BCUT2D eigenvalue weighted by Gasteiger charge is 2.33. The van der Waals surface area contributed by atoms with Gasteiger partial charge in [-0.3, -0.25) is 4.79 Å². The molecule has 0 radical (unpaired) electrons. The summed E-state index contributed by atoms with van der Waals surface area (Å²) in [6, 6.07) is 13.6. The molecule has 2 atom stereocenters. The molecule has 0 bridgehead atoms. The van der Waals surface area contributed by atoms with Gasteiger partial charge in [-0.05, 0) is 31.5 Å². The number of nitrogens with one attached hydrogen (secondary N) is 1. The Morgan fingerprint density at radius 1 is 0.966 bits per heavy atom. The summed E-state index contributed by atoms with van der Waals surface area (Å²) < 4.78 is 34.2. The van der Waals surface area contributed by atoms with Gasteiger partial charge in [-0.1, -0.05) is 54.4 Å². The highest BCUT2D eigenvalue weighted by molar-refractivity contribution is 7.89. The maximum Gasteiger partial charge on any atom is 0.241 e. The Morgan fingerprint density at radius 2 is 1.48 bits per heavy atom. The summed E-state index contributed by atoms with van der Waals surface area (Å²) in [5.41, 5.74) is 2.82. The minimum atomic E-state index is -3.79. The lowest BCUT2D eigenvalue weighted by molar-refractivity contribution is -0.139. The Balaban J connectivity index is 1.91. The Labute approximate surface area is 172 Å².